The lowest BCUT2D eigenvalue weighted by atomic mass is 10.1. The van der Waals surface area contributed by atoms with Gasteiger partial charge in [0.15, 0.2) is 12.4 Å². The summed E-state index contributed by atoms with van der Waals surface area (Å²) in [5, 5.41) is 14.8. The molecule has 0 aliphatic rings. The van der Waals surface area contributed by atoms with Crippen LogP contribution in [0.25, 0.3) is 22.8 Å². The summed E-state index contributed by atoms with van der Waals surface area (Å²) in [4.78, 5) is 16.5. The predicted molar refractivity (Wildman–Crippen MR) is 102 cm³/mol. The monoisotopic (exact) mass is 391 g/mol. The van der Waals surface area contributed by atoms with Crippen molar-refractivity contribution in [2.24, 2.45) is 0 Å². The van der Waals surface area contributed by atoms with Crippen LogP contribution in [0.5, 0.6) is 5.75 Å². The van der Waals surface area contributed by atoms with Gasteiger partial charge in [0.25, 0.3) is 5.89 Å². The molecule has 9 heteroatoms. The van der Waals surface area contributed by atoms with E-state index in [-0.39, 0.29) is 12.5 Å². The number of hydrogen-bond donors (Lipinski definition) is 1. The molecule has 0 spiro atoms. The number of ether oxygens (including phenoxy) is 2. The molecule has 0 radical (unpaired) electrons. The van der Waals surface area contributed by atoms with Gasteiger partial charge in [-0.3, -0.25) is 5.10 Å². The number of nitrogens with zero attached hydrogens (tertiary/aromatic N) is 4. The van der Waals surface area contributed by atoms with E-state index >= 15 is 0 Å². The highest BCUT2D eigenvalue weighted by Gasteiger charge is 2.13. The highest BCUT2D eigenvalue weighted by atomic mass is 16.5. The molecular weight excluding hydrogens is 374 g/mol. The van der Waals surface area contributed by atoms with Gasteiger partial charge >= 0.3 is 5.97 Å². The average Bonchev–Trinajstić information content (AvgIpc) is 3.41. The Hall–Kier alpha value is -4.01. The Bertz CT molecular complexity index is 1120. The number of nitrogens with one attached hydrogen (secondary N) is 1. The Labute approximate surface area is 165 Å². The molecule has 0 unspecified atom stereocenters. The maximum Gasteiger partial charge on any atom is 0.338 e. The Morgan fingerprint density at radius 3 is 2.41 bits per heavy atom. The highest BCUT2D eigenvalue weighted by Crippen LogP contribution is 2.21. The van der Waals surface area contributed by atoms with Crippen LogP contribution in [-0.2, 0) is 11.3 Å². The van der Waals surface area contributed by atoms with Crippen molar-refractivity contribution in [2.45, 2.75) is 13.5 Å². The number of benzene rings is 2. The van der Waals surface area contributed by atoms with Gasteiger partial charge in [0.2, 0.25) is 5.89 Å². The molecular formula is C20H17N5O4. The van der Waals surface area contributed by atoms with Crippen LogP contribution in [0.1, 0.15) is 22.1 Å². The highest BCUT2D eigenvalue weighted by molar-refractivity contribution is 5.89. The number of hydrogen-bond acceptors (Lipinski definition) is 8. The number of H-pyrrole nitrogens is 1. The van der Waals surface area contributed by atoms with Crippen LogP contribution in [0.4, 0.5) is 0 Å². The molecule has 146 valence electrons. The Morgan fingerprint density at radius 2 is 1.76 bits per heavy atom. The number of aromatic amines is 1. The number of methoxy groups -OCH3 is 1. The number of aromatic nitrogens is 5. The molecule has 0 aliphatic carbocycles. The lowest BCUT2D eigenvalue weighted by Crippen LogP contribution is -2.05. The first kappa shape index (κ1) is 18.4. The van der Waals surface area contributed by atoms with Gasteiger partial charge in [-0.25, -0.2) is 9.78 Å². The van der Waals surface area contributed by atoms with Gasteiger partial charge in [0.1, 0.15) is 11.6 Å². The average molecular weight is 391 g/mol. The second-order valence-corrected chi connectivity index (χ2v) is 6.13. The van der Waals surface area contributed by atoms with Crippen LogP contribution in [0.15, 0.2) is 52.9 Å². The van der Waals surface area contributed by atoms with E-state index < -0.39 is 5.97 Å². The van der Waals surface area contributed by atoms with E-state index in [1.54, 1.807) is 55.6 Å². The fourth-order valence-electron chi connectivity index (χ4n) is 2.60. The van der Waals surface area contributed by atoms with Crippen LogP contribution < -0.4 is 4.74 Å². The summed E-state index contributed by atoms with van der Waals surface area (Å²) in [6.45, 7) is 1.70. The number of carbonyl (C=O) groups excluding carboxylic acids is 1. The SMILES string of the molecule is COc1ccc(-c2nnc(COC(=O)c3ccc(-c4n[nH]c(C)n4)cc3)o2)cc1. The first-order valence-electron chi connectivity index (χ1n) is 8.76. The van der Waals surface area contributed by atoms with E-state index in [4.69, 9.17) is 13.9 Å². The van der Waals surface area contributed by atoms with Crippen molar-refractivity contribution in [3.05, 3.63) is 65.8 Å². The summed E-state index contributed by atoms with van der Waals surface area (Å²) < 4.78 is 15.9. The van der Waals surface area contributed by atoms with Crippen LogP contribution >= 0.6 is 0 Å². The minimum absolute atomic E-state index is 0.121. The van der Waals surface area contributed by atoms with Crippen LogP contribution in [0.2, 0.25) is 0 Å². The lowest BCUT2D eigenvalue weighted by Gasteiger charge is -2.03. The third-order valence-corrected chi connectivity index (χ3v) is 4.11. The Morgan fingerprint density at radius 1 is 1.03 bits per heavy atom. The fraction of sp³-hybridized carbons (Fsp3) is 0.150. The molecule has 0 amide bonds. The third kappa shape index (κ3) is 4.13. The van der Waals surface area contributed by atoms with Gasteiger partial charge in [0, 0.05) is 11.1 Å². The third-order valence-electron chi connectivity index (χ3n) is 4.11. The molecule has 4 rings (SSSR count). The second kappa shape index (κ2) is 7.93. The summed E-state index contributed by atoms with van der Waals surface area (Å²) in [6.07, 6.45) is 0. The summed E-state index contributed by atoms with van der Waals surface area (Å²) in [5.74, 6) is 2.07. The van der Waals surface area contributed by atoms with E-state index in [9.17, 15) is 4.79 Å². The maximum absolute atomic E-state index is 12.3. The van der Waals surface area contributed by atoms with Crippen molar-refractivity contribution in [1.29, 1.82) is 0 Å². The van der Waals surface area contributed by atoms with E-state index in [1.165, 1.54) is 0 Å². The zero-order chi connectivity index (χ0) is 20.2. The Kier molecular flexibility index (Phi) is 5.02. The van der Waals surface area contributed by atoms with E-state index in [0.29, 0.717) is 17.3 Å². The Balaban J connectivity index is 1.37. The molecule has 0 saturated heterocycles. The zero-order valence-corrected chi connectivity index (χ0v) is 15.7. The van der Waals surface area contributed by atoms with Gasteiger partial charge in [-0.1, -0.05) is 12.1 Å². The van der Waals surface area contributed by atoms with Crippen LogP contribution in [0, 0.1) is 6.92 Å². The van der Waals surface area contributed by atoms with Crippen molar-refractivity contribution >= 4 is 5.97 Å². The molecule has 2 heterocycles. The minimum Gasteiger partial charge on any atom is -0.497 e. The maximum atomic E-state index is 12.3. The fourth-order valence-corrected chi connectivity index (χ4v) is 2.60. The quantitative estimate of drug-likeness (QED) is 0.498. The molecule has 2 aromatic carbocycles. The smallest absolute Gasteiger partial charge is 0.338 e. The molecule has 29 heavy (non-hydrogen) atoms. The van der Waals surface area contributed by atoms with Gasteiger partial charge in [-0.15, -0.1) is 10.2 Å². The van der Waals surface area contributed by atoms with Gasteiger partial charge < -0.3 is 13.9 Å². The number of carbonyl (C=O) groups is 1. The molecule has 1 N–H and O–H groups in total. The van der Waals surface area contributed by atoms with Crippen LogP contribution in [0.3, 0.4) is 0 Å². The van der Waals surface area contributed by atoms with Crippen molar-refractivity contribution in [2.75, 3.05) is 7.11 Å². The minimum atomic E-state index is -0.494. The van der Waals surface area contributed by atoms with E-state index in [2.05, 4.69) is 25.4 Å². The molecule has 9 nitrogen and oxygen atoms in total. The second-order valence-electron chi connectivity index (χ2n) is 6.13. The normalized spacial score (nSPS) is 10.7. The molecule has 0 bridgehead atoms. The molecule has 0 atom stereocenters. The van der Waals surface area contributed by atoms with Gasteiger partial charge in [-0.2, -0.15) is 5.10 Å². The number of esters is 1. The zero-order valence-electron chi connectivity index (χ0n) is 15.7. The summed E-state index contributed by atoms with van der Waals surface area (Å²) in [5.41, 5.74) is 1.94. The standard InChI is InChI=1S/C20H17N5O4/c1-12-21-18(24-22-12)13-3-5-15(6-4-13)20(26)28-11-17-23-25-19(29-17)14-7-9-16(27-2)10-8-14/h3-10H,11H2,1-2H3,(H,21,22,24). The van der Waals surface area contributed by atoms with E-state index in [0.717, 1.165) is 22.7 Å². The largest absolute Gasteiger partial charge is 0.497 e. The van der Waals surface area contributed by atoms with Gasteiger partial charge in [0.05, 0.1) is 12.7 Å². The topological polar surface area (TPSA) is 116 Å². The summed E-state index contributed by atoms with van der Waals surface area (Å²) >= 11 is 0. The predicted octanol–water partition coefficient (Wildman–Crippen LogP) is 3.20. The first-order chi connectivity index (χ1) is 14.1. The van der Waals surface area contributed by atoms with Crippen molar-refractivity contribution in [3.63, 3.8) is 0 Å². The first-order valence-corrected chi connectivity index (χ1v) is 8.76. The van der Waals surface area contributed by atoms with Crippen molar-refractivity contribution in [3.8, 4) is 28.6 Å². The molecule has 0 fully saturated rings. The molecule has 0 aliphatic heterocycles. The van der Waals surface area contributed by atoms with Gasteiger partial charge in [-0.05, 0) is 43.3 Å². The molecule has 4 aromatic rings. The van der Waals surface area contributed by atoms with Crippen molar-refractivity contribution in [1.82, 2.24) is 25.4 Å². The number of aryl methyl sites for hydroxylation is 1. The summed E-state index contributed by atoms with van der Waals surface area (Å²) in [6, 6.07) is 14.0. The summed E-state index contributed by atoms with van der Waals surface area (Å²) in [7, 11) is 1.59. The molecule has 2 aromatic heterocycles. The lowest BCUT2D eigenvalue weighted by molar-refractivity contribution is 0.0438. The van der Waals surface area contributed by atoms with E-state index in [1.807, 2.05) is 6.92 Å². The van der Waals surface area contributed by atoms with Crippen LogP contribution in [-0.4, -0.2) is 38.5 Å². The molecule has 0 saturated carbocycles. The van der Waals surface area contributed by atoms with Crippen molar-refractivity contribution < 1.29 is 18.7 Å². The number of rotatable bonds is 6.